The van der Waals surface area contributed by atoms with E-state index in [0.717, 1.165) is 16.7 Å². The highest BCUT2D eigenvalue weighted by Gasteiger charge is 2.32. The molecule has 0 saturated carbocycles. The van der Waals surface area contributed by atoms with Crippen LogP contribution in [0.25, 0.3) is 5.57 Å². The first-order valence-electron chi connectivity index (χ1n) is 8.15. The molecule has 17 heavy (non-hydrogen) atoms. The van der Waals surface area contributed by atoms with Crippen molar-refractivity contribution in [3.05, 3.63) is 40.5 Å². The molecule has 1 unspecified atom stereocenters. The standard InChI is InChI=1S/C15H17NO/c1-9-5-6-10-8-14-11(13(10)7-9)3-2-4-12(14)15(16)17/h5-7,12H,2-4,8H2,1H3,(H2,16,17)/i2D2,4D2,12D. The number of fused-ring (bicyclic) bond motifs is 2. The average Bonchev–Trinajstić information content (AvgIpc) is 2.74. The lowest BCUT2D eigenvalue weighted by Crippen LogP contribution is -2.27. The third-order valence-corrected chi connectivity index (χ3v) is 3.35. The molecule has 0 aliphatic heterocycles. The zero-order valence-corrected chi connectivity index (χ0v) is 9.63. The summed E-state index contributed by atoms with van der Waals surface area (Å²) in [6.07, 6.45) is -4.90. The maximum absolute atomic E-state index is 11.9. The highest BCUT2D eigenvalue weighted by atomic mass is 16.1. The van der Waals surface area contributed by atoms with E-state index in [4.69, 9.17) is 12.6 Å². The summed E-state index contributed by atoms with van der Waals surface area (Å²) in [6, 6.07) is 5.70. The molecular formula is C15H17NO. The second-order valence-electron chi connectivity index (χ2n) is 4.51. The number of allylic oxidation sites excluding steroid dienone is 1. The maximum atomic E-state index is 11.9. The fourth-order valence-corrected chi connectivity index (χ4v) is 2.53. The first-order chi connectivity index (χ1) is 10.0. The van der Waals surface area contributed by atoms with Crippen molar-refractivity contribution in [2.24, 2.45) is 11.6 Å². The van der Waals surface area contributed by atoms with E-state index in [-0.39, 0.29) is 12.8 Å². The zero-order chi connectivity index (χ0) is 16.5. The van der Waals surface area contributed by atoms with Crippen LogP contribution in [-0.4, -0.2) is 5.91 Å². The predicted octanol–water partition coefficient (Wildman–Crippen LogP) is 2.59. The Labute approximate surface area is 109 Å². The van der Waals surface area contributed by atoms with Crippen molar-refractivity contribution >= 4 is 11.5 Å². The lowest BCUT2D eigenvalue weighted by Gasteiger charge is -2.22. The molecular weight excluding hydrogens is 210 g/mol. The number of hydrogen-bond donors (Lipinski definition) is 1. The van der Waals surface area contributed by atoms with E-state index in [9.17, 15) is 4.79 Å². The summed E-state index contributed by atoms with van der Waals surface area (Å²) >= 11 is 0. The van der Waals surface area contributed by atoms with Gasteiger partial charge in [-0.15, -0.1) is 0 Å². The van der Waals surface area contributed by atoms with E-state index < -0.39 is 24.5 Å². The molecule has 1 aromatic carbocycles. The van der Waals surface area contributed by atoms with Crippen LogP contribution in [-0.2, 0) is 11.2 Å². The average molecular weight is 232 g/mol. The van der Waals surface area contributed by atoms with Crippen LogP contribution < -0.4 is 5.73 Å². The lowest BCUT2D eigenvalue weighted by atomic mass is 9.82. The number of rotatable bonds is 1. The molecule has 88 valence electrons. The highest BCUT2D eigenvalue weighted by molar-refractivity contribution is 5.87. The van der Waals surface area contributed by atoms with Crippen LogP contribution in [0.4, 0.5) is 0 Å². The van der Waals surface area contributed by atoms with Crippen molar-refractivity contribution in [1.82, 2.24) is 0 Å². The van der Waals surface area contributed by atoms with Crippen molar-refractivity contribution < 1.29 is 11.6 Å². The van der Waals surface area contributed by atoms with Gasteiger partial charge in [0.1, 0.15) is 0 Å². The molecule has 0 spiro atoms. The second kappa shape index (κ2) is 3.73. The van der Waals surface area contributed by atoms with Gasteiger partial charge < -0.3 is 5.73 Å². The monoisotopic (exact) mass is 232 g/mol. The predicted molar refractivity (Wildman–Crippen MR) is 68.3 cm³/mol. The fourth-order valence-electron chi connectivity index (χ4n) is 2.53. The van der Waals surface area contributed by atoms with Crippen LogP contribution in [0, 0.1) is 12.8 Å². The Bertz CT molecular complexity index is 725. The molecule has 2 nitrogen and oxygen atoms in total. The first-order valence-corrected chi connectivity index (χ1v) is 5.65. The molecule has 0 saturated heterocycles. The summed E-state index contributed by atoms with van der Waals surface area (Å²) in [4.78, 5) is 11.9. The van der Waals surface area contributed by atoms with Crippen LogP contribution in [0.3, 0.4) is 0 Å². The summed E-state index contributed by atoms with van der Waals surface area (Å²) in [5.41, 5.74) is 8.92. The molecule has 0 radical (unpaired) electrons. The van der Waals surface area contributed by atoms with E-state index in [1.807, 2.05) is 25.1 Å². The smallest absolute Gasteiger partial charge is 0.224 e. The van der Waals surface area contributed by atoms with Crippen molar-refractivity contribution in [2.75, 3.05) is 0 Å². The third-order valence-electron chi connectivity index (χ3n) is 3.35. The minimum atomic E-state index is -2.68. The van der Waals surface area contributed by atoms with E-state index >= 15 is 0 Å². The minimum Gasteiger partial charge on any atom is -0.369 e. The van der Waals surface area contributed by atoms with Crippen LogP contribution >= 0.6 is 0 Å². The molecule has 2 aliphatic rings. The Morgan fingerprint density at radius 3 is 3.18 bits per heavy atom. The Balaban J connectivity index is 2.30. The van der Waals surface area contributed by atoms with Crippen molar-refractivity contribution in [2.45, 2.75) is 32.5 Å². The van der Waals surface area contributed by atoms with Crippen molar-refractivity contribution in [3.8, 4) is 0 Å². The summed E-state index contributed by atoms with van der Waals surface area (Å²) in [5, 5.41) is 0. The minimum absolute atomic E-state index is 0.153. The van der Waals surface area contributed by atoms with Crippen molar-refractivity contribution in [3.63, 3.8) is 0 Å². The van der Waals surface area contributed by atoms with Crippen LogP contribution in [0.5, 0.6) is 0 Å². The van der Waals surface area contributed by atoms with Crippen LogP contribution in [0.1, 0.15) is 42.7 Å². The van der Waals surface area contributed by atoms with E-state index in [0.29, 0.717) is 11.1 Å². The Kier molecular flexibility index (Phi) is 1.40. The molecule has 2 N–H and O–H groups in total. The van der Waals surface area contributed by atoms with Crippen LogP contribution in [0.2, 0.25) is 0 Å². The fraction of sp³-hybridized carbons (Fsp3) is 0.400. The van der Waals surface area contributed by atoms with E-state index in [1.165, 1.54) is 0 Å². The van der Waals surface area contributed by atoms with Gasteiger partial charge in [-0.05, 0) is 54.8 Å². The number of carbonyl (C=O) groups excluding carboxylic acids is 1. The molecule has 1 atom stereocenters. The number of hydrogen-bond acceptors (Lipinski definition) is 1. The van der Waals surface area contributed by atoms with Gasteiger partial charge in [-0.1, -0.05) is 23.8 Å². The number of benzene rings is 1. The largest absolute Gasteiger partial charge is 0.369 e. The van der Waals surface area contributed by atoms with Crippen molar-refractivity contribution in [1.29, 1.82) is 0 Å². The molecule has 0 aromatic heterocycles. The van der Waals surface area contributed by atoms with Gasteiger partial charge in [0.05, 0.1) is 5.89 Å². The SMILES string of the molecule is [2H]C1([2H])CC2=C(Cc3ccc(C)cc32)C([2H])(C(N)=O)C1([2H])[2H]. The van der Waals surface area contributed by atoms with Gasteiger partial charge in [-0.3, -0.25) is 4.79 Å². The summed E-state index contributed by atoms with van der Waals surface area (Å²) in [5.74, 6) is -3.53. The second-order valence-corrected chi connectivity index (χ2v) is 4.51. The molecule has 2 aliphatic carbocycles. The van der Waals surface area contributed by atoms with Gasteiger partial charge in [-0.25, -0.2) is 0 Å². The molecule has 1 amide bonds. The Morgan fingerprint density at radius 1 is 1.59 bits per heavy atom. The number of carbonyl (C=O) groups is 1. The maximum Gasteiger partial charge on any atom is 0.224 e. The zero-order valence-electron chi connectivity index (χ0n) is 14.6. The van der Waals surface area contributed by atoms with Gasteiger partial charge in [0.15, 0.2) is 0 Å². The van der Waals surface area contributed by atoms with Gasteiger partial charge in [0, 0.05) is 6.85 Å². The van der Waals surface area contributed by atoms with E-state index in [2.05, 4.69) is 0 Å². The first kappa shape index (κ1) is 6.39. The third kappa shape index (κ3) is 1.59. The molecule has 0 fully saturated rings. The summed E-state index contributed by atoms with van der Waals surface area (Å²) < 4.78 is 40.7. The number of amides is 1. The molecule has 1 aromatic rings. The molecule has 2 heteroatoms. The lowest BCUT2D eigenvalue weighted by molar-refractivity contribution is -0.121. The molecule has 0 heterocycles. The highest BCUT2D eigenvalue weighted by Crippen LogP contribution is 2.44. The molecule has 0 bridgehead atoms. The summed E-state index contributed by atoms with van der Waals surface area (Å²) in [6.45, 7) is 1.91. The summed E-state index contributed by atoms with van der Waals surface area (Å²) in [7, 11) is 0. The quantitative estimate of drug-likeness (QED) is 0.794. The van der Waals surface area contributed by atoms with E-state index in [1.54, 1.807) is 0 Å². The number of nitrogens with two attached hydrogens (primary N) is 1. The Hall–Kier alpha value is -1.57. The van der Waals surface area contributed by atoms with Gasteiger partial charge in [0.25, 0.3) is 0 Å². The Morgan fingerprint density at radius 2 is 2.41 bits per heavy atom. The number of primary amides is 1. The normalized spacial score (nSPS) is 36.9. The van der Waals surface area contributed by atoms with Gasteiger partial charge >= 0.3 is 0 Å². The molecule has 3 rings (SSSR count). The topological polar surface area (TPSA) is 43.1 Å². The van der Waals surface area contributed by atoms with Gasteiger partial charge in [0.2, 0.25) is 5.91 Å². The number of aryl methyl sites for hydroxylation is 1. The van der Waals surface area contributed by atoms with Gasteiger partial charge in [-0.2, -0.15) is 0 Å². The van der Waals surface area contributed by atoms with Crippen LogP contribution in [0.15, 0.2) is 23.8 Å².